The molecule has 2 N–H and O–H groups in total. The number of nitrogens with one attached hydrogen (secondary N) is 2. The normalized spacial score (nSPS) is 35.0. The van der Waals surface area contributed by atoms with Crippen LogP contribution >= 0.6 is 12.2 Å². The number of fused-ring (bicyclic) bond motifs is 2. The zero-order valence-electron chi connectivity index (χ0n) is 11.2. The second-order valence-electron chi connectivity index (χ2n) is 6.23. The summed E-state index contributed by atoms with van der Waals surface area (Å²) in [6.07, 6.45) is 8.39. The summed E-state index contributed by atoms with van der Waals surface area (Å²) in [5.74, 6) is 1.88. The van der Waals surface area contributed by atoms with Crippen LogP contribution in [-0.4, -0.2) is 42.2 Å². The predicted molar refractivity (Wildman–Crippen MR) is 78.6 cm³/mol. The largest absolute Gasteiger partial charge is 0.361 e. The number of hydrogen-bond acceptors (Lipinski definition) is 2. The highest BCUT2D eigenvalue weighted by atomic mass is 32.1. The summed E-state index contributed by atoms with van der Waals surface area (Å²) in [6.45, 7) is 4.67. The van der Waals surface area contributed by atoms with Gasteiger partial charge < -0.3 is 15.5 Å². The Balaban J connectivity index is 1.32. The molecule has 0 unspecified atom stereocenters. The Labute approximate surface area is 116 Å². The molecule has 0 aromatic heterocycles. The molecule has 2 saturated carbocycles. The highest BCUT2D eigenvalue weighted by molar-refractivity contribution is 7.80. The smallest absolute Gasteiger partial charge is 0.166 e. The van der Waals surface area contributed by atoms with Gasteiger partial charge in [-0.3, -0.25) is 0 Å². The van der Waals surface area contributed by atoms with E-state index < -0.39 is 0 Å². The van der Waals surface area contributed by atoms with Crippen LogP contribution in [0.2, 0.25) is 0 Å². The minimum absolute atomic E-state index is 0.663. The van der Waals surface area contributed by atoms with Gasteiger partial charge in [0.25, 0.3) is 0 Å². The van der Waals surface area contributed by atoms with Crippen molar-refractivity contribution in [3.8, 4) is 0 Å². The highest BCUT2D eigenvalue weighted by Gasteiger charge is 2.39. The van der Waals surface area contributed by atoms with Gasteiger partial charge in [0.05, 0.1) is 0 Å². The quantitative estimate of drug-likeness (QED) is 0.759. The van der Waals surface area contributed by atoms with Crippen molar-refractivity contribution >= 4 is 17.3 Å². The summed E-state index contributed by atoms with van der Waals surface area (Å²) in [7, 11) is 0. The Morgan fingerprint density at radius 3 is 2.67 bits per heavy atom. The van der Waals surface area contributed by atoms with Crippen molar-refractivity contribution in [1.29, 1.82) is 0 Å². The zero-order valence-corrected chi connectivity index (χ0v) is 12.0. The molecule has 3 nitrogen and oxygen atoms in total. The fraction of sp³-hybridized carbons (Fsp3) is 0.929. The molecule has 18 heavy (non-hydrogen) atoms. The summed E-state index contributed by atoms with van der Waals surface area (Å²) in [5, 5.41) is 7.79. The average Bonchev–Trinajstić information content (AvgIpc) is 3.04. The minimum atomic E-state index is 0.663. The van der Waals surface area contributed by atoms with E-state index in [0.717, 1.165) is 30.0 Å². The molecule has 2 bridgehead atoms. The van der Waals surface area contributed by atoms with Crippen LogP contribution in [0.4, 0.5) is 0 Å². The lowest BCUT2D eigenvalue weighted by atomic mass is 9.96. The molecule has 0 radical (unpaired) electrons. The van der Waals surface area contributed by atoms with Gasteiger partial charge in [-0.15, -0.1) is 0 Å². The van der Waals surface area contributed by atoms with E-state index in [2.05, 4.69) is 15.5 Å². The molecule has 4 heteroatoms. The van der Waals surface area contributed by atoms with Gasteiger partial charge in [0, 0.05) is 19.1 Å². The molecular formula is C14H25N3S. The average molecular weight is 267 g/mol. The molecule has 1 saturated heterocycles. The van der Waals surface area contributed by atoms with E-state index in [0.29, 0.717) is 6.04 Å². The summed E-state index contributed by atoms with van der Waals surface area (Å²) in [5.41, 5.74) is 0. The molecular weight excluding hydrogens is 242 g/mol. The molecule has 1 aliphatic heterocycles. The SMILES string of the molecule is S=C(NCCN1CCCC1)N[C@@H]1C[C@H]2CC[C@H]1C2. The van der Waals surface area contributed by atoms with Crippen LogP contribution in [-0.2, 0) is 0 Å². The van der Waals surface area contributed by atoms with Gasteiger partial charge in [0.1, 0.15) is 0 Å². The third-order valence-corrected chi connectivity index (χ3v) is 5.23. The van der Waals surface area contributed by atoms with Gasteiger partial charge >= 0.3 is 0 Å². The predicted octanol–water partition coefficient (Wildman–Crippen LogP) is 1.73. The van der Waals surface area contributed by atoms with Crippen molar-refractivity contribution in [2.45, 2.75) is 44.6 Å². The summed E-state index contributed by atoms with van der Waals surface area (Å²) in [4.78, 5) is 2.52. The van der Waals surface area contributed by atoms with Gasteiger partial charge in [0.15, 0.2) is 5.11 Å². The Morgan fingerprint density at radius 1 is 1.17 bits per heavy atom. The van der Waals surface area contributed by atoms with Crippen LogP contribution < -0.4 is 10.6 Å². The van der Waals surface area contributed by atoms with Crippen LogP contribution in [0.25, 0.3) is 0 Å². The summed E-state index contributed by atoms with van der Waals surface area (Å²) >= 11 is 5.41. The van der Waals surface area contributed by atoms with Crippen molar-refractivity contribution in [2.24, 2.45) is 11.8 Å². The summed E-state index contributed by atoms with van der Waals surface area (Å²) in [6, 6.07) is 0.663. The molecule has 102 valence electrons. The Morgan fingerprint density at radius 2 is 2.00 bits per heavy atom. The van der Waals surface area contributed by atoms with E-state index in [9.17, 15) is 0 Å². The van der Waals surface area contributed by atoms with Gasteiger partial charge in [-0.05, 0) is 69.2 Å². The molecule has 0 amide bonds. The second-order valence-corrected chi connectivity index (χ2v) is 6.64. The van der Waals surface area contributed by atoms with Crippen LogP contribution in [0.15, 0.2) is 0 Å². The first-order valence-corrected chi connectivity index (χ1v) is 7.99. The number of thiocarbonyl (C=S) groups is 1. The molecule has 3 atom stereocenters. The van der Waals surface area contributed by atoms with Gasteiger partial charge in [-0.2, -0.15) is 0 Å². The molecule has 3 aliphatic rings. The first kappa shape index (κ1) is 12.7. The first-order valence-electron chi connectivity index (χ1n) is 7.58. The van der Waals surface area contributed by atoms with E-state index in [-0.39, 0.29) is 0 Å². The van der Waals surface area contributed by atoms with Crippen molar-refractivity contribution in [1.82, 2.24) is 15.5 Å². The standard InChI is InChI=1S/C14H25N3S/c18-14(15-5-8-17-6-1-2-7-17)16-13-10-11-3-4-12(13)9-11/h11-13H,1-10H2,(H2,15,16,18)/t11-,12-,13+/m0/s1. The Hall–Kier alpha value is -0.350. The van der Waals surface area contributed by atoms with E-state index in [4.69, 9.17) is 12.2 Å². The fourth-order valence-electron chi connectivity index (χ4n) is 3.97. The third-order valence-electron chi connectivity index (χ3n) is 4.97. The molecule has 0 spiro atoms. The molecule has 0 aromatic rings. The van der Waals surface area contributed by atoms with Gasteiger partial charge in [0.2, 0.25) is 0 Å². The topological polar surface area (TPSA) is 27.3 Å². The molecule has 2 aliphatic carbocycles. The zero-order chi connectivity index (χ0) is 12.4. The number of rotatable bonds is 4. The maximum Gasteiger partial charge on any atom is 0.166 e. The fourth-order valence-corrected chi connectivity index (χ4v) is 4.23. The van der Waals surface area contributed by atoms with E-state index in [1.54, 1.807) is 0 Å². The van der Waals surface area contributed by atoms with Gasteiger partial charge in [-0.1, -0.05) is 6.42 Å². The lowest BCUT2D eigenvalue weighted by molar-refractivity contribution is 0.342. The first-order chi connectivity index (χ1) is 8.81. The Bertz CT molecular complexity index is 301. The van der Waals surface area contributed by atoms with Gasteiger partial charge in [-0.25, -0.2) is 0 Å². The summed E-state index contributed by atoms with van der Waals surface area (Å²) < 4.78 is 0. The van der Waals surface area contributed by atoms with Crippen LogP contribution in [0, 0.1) is 11.8 Å². The lowest BCUT2D eigenvalue weighted by Gasteiger charge is -2.25. The number of hydrogen-bond donors (Lipinski definition) is 2. The lowest BCUT2D eigenvalue weighted by Crippen LogP contribution is -2.46. The Kier molecular flexibility index (Phi) is 4.04. The maximum atomic E-state index is 5.41. The minimum Gasteiger partial charge on any atom is -0.361 e. The van der Waals surface area contributed by atoms with Crippen LogP contribution in [0.5, 0.6) is 0 Å². The van der Waals surface area contributed by atoms with E-state index in [1.165, 1.54) is 51.6 Å². The number of nitrogens with zero attached hydrogens (tertiary/aromatic N) is 1. The highest BCUT2D eigenvalue weighted by Crippen LogP contribution is 2.44. The number of likely N-dealkylation sites (tertiary alicyclic amines) is 1. The van der Waals surface area contributed by atoms with E-state index >= 15 is 0 Å². The van der Waals surface area contributed by atoms with Crippen molar-refractivity contribution in [3.05, 3.63) is 0 Å². The monoisotopic (exact) mass is 267 g/mol. The maximum absolute atomic E-state index is 5.41. The molecule has 0 aromatic carbocycles. The molecule has 3 fully saturated rings. The van der Waals surface area contributed by atoms with Crippen molar-refractivity contribution < 1.29 is 0 Å². The van der Waals surface area contributed by atoms with Crippen molar-refractivity contribution in [2.75, 3.05) is 26.2 Å². The van der Waals surface area contributed by atoms with Crippen LogP contribution in [0.1, 0.15) is 38.5 Å². The van der Waals surface area contributed by atoms with E-state index in [1.807, 2.05) is 0 Å². The van der Waals surface area contributed by atoms with Crippen molar-refractivity contribution in [3.63, 3.8) is 0 Å². The van der Waals surface area contributed by atoms with Crippen LogP contribution in [0.3, 0.4) is 0 Å². The third kappa shape index (κ3) is 2.97. The second kappa shape index (κ2) is 5.74. The molecule has 3 rings (SSSR count). The molecule has 1 heterocycles.